The van der Waals surface area contributed by atoms with Crippen LogP contribution in [0.25, 0.3) is 10.2 Å². The summed E-state index contributed by atoms with van der Waals surface area (Å²) in [6, 6.07) is 1.47. The van der Waals surface area contributed by atoms with Crippen molar-refractivity contribution in [3.8, 4) is 0 Å². The highest BCUT2D eigenvalue weighted by Crippen LogP contribution is 2.26. The molecule has 3 nitrogen and oxygen atoms in total. The summed E-state index contributed by atoms with van der Waals surface area (Å²) >= 11 is 4.36. The normalized spacial score (nSPS) is 12.2. The average Bonchev–Trinajstić information content (AvgIpc) is 2.50. The summed E-state index contributed by atoms with van der Waals surface area (Å²) in [7, 11) is 0. The van der Waals surface area contributed by atoms with E-state index in [0.717, 1.165) is 6.33 Å². The standard InChI is InChI=1S/C8H4BrF3N2OS/c9-5-1-4-6(16-5)13-3-14(7(4)15)2-8(10,11)12/h1,3H,2H2. The van der Waals surface area contributed by atoms with Crippen molar-refractivity contribution in [1.29, 1.82) is 0 Å². The van der Waals surface area contributed by atoms with Gasteiger partial charge in [-0.25, -0.2) is 4.98 Å². The van der Waals surface area contributed by atoms with E-state index in [1.807, 2.05) is 0 Å². The SMILES string of the molecule is O=c1c2cc(Br)sc2ncn1CC(F)(F)F. The molecule has 0 aromatic carbocycles. The van der Waals surface area contributed by atoms with Crippen LogP contribution in [0.2, 0.25) is 0 Å². The van der Waals surface area contributed by atoms with Crippen LogP contribution in [-0.4, -0.2) is 15.7 Å². The van der Waals surface area contributed by atoms with Crippen LogP contribution in [0.5, 0.6) is 0 Å². The Morgan fingerprint density at radius 3 is 2.81 bits per heavy atom. The number of nitrogens with zero attached hydrogens (tertiary/aromatic N) is 2. The first-order chi connectivity index (χ1) is 7.37. The Morgan fingerprint density at radius 2 is 2.19 bits per heavy atom. The zero-order valence-corrected chi connectivity index (χ0v) is 9.99. The van der Waals surface area contributed by atoms with Gasteiger partial charge in [0.25, 0.3) is 5.56 Å². The third-order valence-corrected chi connectivity index (χ3v) is 3.38. The lowest BCUT2D eigenvalue weighted by Crippen LogP contribution is -2.27. The van der Waals surface area contributed by atoms with Crippen molar-refractivity contribution in [2.75, 3.05) is 0 Å². The zero-order valence-electron chi connectivity index (χ0n) is 7.58. The van der Waals surface area contributed by atoms with Gasteiger partial charge < -0.3 is 0 Å². The molecule has 0 saturated carbocycles. The fraction of sp³-hybridized carbons (Fsp3) is 0.250. The van der Waals surface area contributed by atoms with Crippen molar-refractivity contribution >= 4 is 37.5 Å². The fourth-order valence-corrected chi connectivity index (χ4v) is 2.64. The van der Waals surface area contributed by atoms with E-state index >= 15 is 0 Å². The third kappa shape index (κ3) is 2.27. The van der Waals surface area contributed by atoms with Crippen LogP contribution in [0.1, 0.15) is 0 Å². The summed E-state index contributed by atoms with van der Waals surface area (Å²) in [6.07, 6.45) is -3.51. The average molecular weight is 313 g/mol. The van der Waals surface area contributed by atoms with E-state index in [2.05, 4.69) is 20.9 Å². The van der Waals surface area contributed by atoms with Gasteiger partial charge in [0.1, 0.15) is 11.4 Å². The number of alkyl halides is 3. The van der Waals surface area contributed by atoms with Crippen LogP contribution in [0.3, 0.4) is 0 Å². The Kier molecular flexibility index (Phi) is 2.79. The molecule has 0 spiro atoms. The number of halogens is 4. The molecule has 0 aliphatic carbocycles. The molecule has 2 aromatic heterocycles. The summed E-state index contributed by atoms with van der Waals surface area (Å²) in [5.41, 5.74) is -0.677. The van der Waals surface area contributed by atoms with Gasteiger partial charge in [0, 0.05) is 0 Å². The van der Waals surface area contributed by atoms with Gasteiger partial charge in [0.15, 0.2) is 0 Å². The van der Waals surface area contributed by atoms with Crippen molar-refractivity contribution in [2.45, 2.75) is 12.7 Å². The molecule has 0 aliphatic rings. The second-order valence-electron chi connectivity index (χ2n) is 3.06. The lowest BCUT2D eigenvalue weighted by molar-refractivity contribution is -0.141. The first kappa shape index (κ1) is 11.6. The minimum Gasteiger partial charge on any atom is -0.289 e. The third-order valence-electron chi connectivity index (χ3n) is 1.84. The van der Waals surface area contributed by atoms with Gasteiger partial charge in [-0.2, -0.15) is 13.2 Å². The summed E-state index contributed by atoms with van der Waals surface area (Å²) in [5, 5.41) is 0.198. The van der Waals surface area contributed by atoms with Crippen molar-refractivity contribution in [3.05, 3.63) is 26.5 Å². The Bertz CT molecular complexity index is 589. The maximum atomic E-state index is 12.1. The van der Waals surface area contributed by atoms with E-state index in [9.17, 15) is 18.0 Å². The van der Waals surface area contributed by atoms with E-state index < -0.39 is 18.3 Å². The van der Waals surface area contributed by atoms with Gasteiger partial charge in [-0.3, -0.25) is 9.36 Å². The van der Waals surface area contributed by atoms with Crippen molar-refractivity contribution in [1.82, 2.24) is 9.55 Å². The first-order valence-electron chi connectivity index (χ1n) is 4.08. The molecule has 0 amide bonds. The molecule has 0 atom stereocenters. The number of rotatable bonds is 1. The largest absolute Gasteiger partial charge is 0.406 e. The molecular formula is C8H4BrF3N2OS. The molecule has 2 rings (SSSR count). The summed E-state index contributed by atoms with van der Waals surface area (Å²) in [4.78, 5) is 15.9. The van der Waals surface area contributed by atoms with Crippen LogP contribution in [0.15, 0.2) is 21.0 Å². The summed E-state index contributed by atoms with van der Waals surface area (Å²) in [6.45, 7) is -1.32. The van der Waals surface area contributed by atoms with E-state index in [4.69, 9.17) is 0 Å². The Labute approximate surface area is 99.7 Å². The van der Waals surface area contributed by atoms with Crippen LogP contribution in [0, 0.1) is 0 Å². The van der Waals surface area contributed by atoms with Crippen molar-refractivity contribution in [3.63, 3.8) is 0 Å². The van der Waals surface area contributed by atoms with Crippen molar-refractivity contribution in [2.24, 2.45) is 0 Å². The maximum absolute atomic E-state index is 12.1. The van der Waals surface area contributed by atoms with E-state index in [0.29, 0.717) is 13.2 Å². The molecule has 16 heavy (non-hydrogen) atoms. The molecule has 0 saturated heterocycles. The summed E-state index contributed by atoms with van der Waals surface area (Å²) < 4.78 is 37.6. The lowest BCUT2D eigenvalue weighted by Gasteiger charge is -2.07. The highest BCUT2D eigenvalue weighted by Gasteiger charge is 2.28. The molecule has 0 bridgehead atoms. The van der Waals surface area contributed by atoms with Gasteiger partial charge in [-0.1, -0.05) is 0 Å². The Hall–Kier alpha value is -0.890. The highest BCUT2D eigenvalue weighted by molar-refractivity contribution is 9.11. The van der Waals surface area contributed by atoms with Gasteiger partial charge in [0.05, 0.1) is 15.5 Å². The number of hydrogen-bond donors (Lipinski definition) is 0. The van der Waals surface area contributed by atoms with Gasteiger partial charge >= 0.3 is 6.18 Å². The molecule has 86 valence electrons. The molecule has 0 radical (unpaired) electrons. The van der Waals surface area contributed by atoms with Gasteiger partial charge in [0.2, 0.25) is 0 Å². The van der Waals surface area contributed by atoms with E-state index in [1.54, 1.807) is 0 Å². The molecule has 0 N–H and O–H groups in total. The molecule has 0 unspecified atom stereocenters. The topological polar surface area (TPSA) is 34.9 Å². The fourth-order valence-electron chi connectivity index (χ4n) is 1.24. The molecular weight excluding hydrogens is 309 g/mol. The number of fused-ring (bicyclic) bond motifs is 1. The number of hydrogen-bond acceptors (Lipinski definition) is 3. The van der Waals surface area contributed by atoms with Gasteiger partial charge in [-0.05, 0) is 22.0 Å². The Balaban J connectivity index is 2.56. The Morgan fingerprint density at radius 1 is 1.50 bits per heavy atom. The molecule has 0 aliphatic heterocycles. The maximum Gasteiger partial charge on any atom is 0.406 e. The molecule has 8 heteroatoms. The minimum atomic E-state index is -4.42. The lowest BCUT2D eigenvalue weighted by atomic mass is 10.4. The van der Waals surface area contributed by atoms with Gasteiger partial charge in [-0.15, -0.1) is 11.3 Å². The number of thiophene rings is 1. The van der Waals surface area contributed by atoms with E-state index in [1.165, 1.54) is 17.4 Å². The zero-order chi connectivity index (χ0) is 11.9. The molecule has 0 fully saturated rings. The quantitative estimate of drug-likeness (QED) is 0.811. The second-order valence-corrected chi connectivity index (χ2v) is 5.47. The highest BCUT2D eigenvalue weighted by atomic mass is 79.9. The second kappa shape index (κ2) is 3.85. The number of aromatic nitrogens is 2. The van der Waals surface area contributed by atoms with Crippen LogP contribution in [-0.2, 0) is 6.54 Å². The molecule has 2 heterocycles. The van der Waals surface area contributed by atoms with E-state index in [-0.39, 0.29) is 5.39 Å². The van der Waals surface area contributed by atoms with Crippen LogP contribution in [0.4, 0.5) is 13.2 Å². The van der Waals surface area contributed by atoms with Crippen LogP contribution >= 0.6 is 27.3 Å². The summed E-state index contributed by atoms with van der Waals surface area (Å²) in [5.74, 6) is 0. The molecule has 2 aromatic rings. The smallest absolute Gasteiger partial charge is 0.289 e. The predicted molar refractivity (Wildman–Crippen MR) is 57.6 cm³/mol. The minimum absolute atomic E-state index is 0.198. The first-order valence-corrected chi connectivity index (χ1v) is 5.69. The monoisotopic (exact) mass is 312 g/mol. The van der Waals surface area contributed by atoms with Crippen LogP contribution < -0.4 is 5.56 Å². The van der Waals surface area contributed by atoms with Crippen molar-refractivity contribution < 1.29 is 13.2 Å². The predicted octanol–water partition coefficient (Wildman–Crippen LogP) is 2.78.